The molecule has 0 amide bonds. The molecule has 0 fully saturated rings. The van der Waals surface area contributed by atoms with Crippen LogP contribution >= 0.6 is 0 Å². The van der Waals surface area contributed by atoms with Gasteiger partial charge in [-0.1, -0.05) is 0 Å². The van der Waals surface area contributed by atoms with Crippen molar-refractivity contribution in [2.75, 3.05) is 0 Å². The molecule has 0 aliphatic carbocycles. The van der Waals surface area contributed by atoms with Crippen LogP contribution in [-0.4, -0.2) is 0 Å². The fraction of sp³-hybridized carbons (Fsp3) is 0.500. The second-order valence-corrected chi connectivity index (χ2v) is 0.447. The summed E-state index contributed by atoms with van der Waals surface area (Å²) in [4.78, 5) is 0. The van der Waals surface area contributed by atoms with E-state index < -0.39 is 0 Å². The zero-order valence-corrected chi connectivity index (χ0v) is 11.4. The van der Waals surface area contributed by atoms with Gasteiger partial charge in [0.1, 0.15) is 0 Å². The van der Waals surface area contributed by atoms with Crippen LogP contribution in [-0.2, 0) is 38.4 Å². The minimum atomic E-state index is 0. The zero-order valence-electron chi connectivity index (χ0n) is 7.28. The molecular weight excluding hydrogens is 359 g/mol. The number of hydrogen-bond acceptors (Lipinski definition) is 2. The van der Waals surface area contributed by atoms with E-state index in [0.29, 0.717) is 0 Å². The molecule has 0 saturated carbocycles. The predicted octanol–water partition coefficient (Wildman–Crippen LogP) is -8.62. The van der Waals surface area contributed by atoms with Crippen LogP contribution in [0.3, 0.4) is 0 Å². The first kappa shape index (κ1) is 109. The molecule has 0 aliphatic rings. The molecule has 0 aromatic rings. The Morgan fingerprint density at radius 1 is 0.692 bits per heavy atom. The van der Waals surface area contributed by atoms with Crippen LogP contribution < -0.4 is 34.0 Å². The Morgan fingerprint density at radius 3 is 0.692 bits per heavy atom. The van der Waals surface area contributed by atoms with E-state index in [1.165, 1.54) is 13.8 Å². The van der Waals surface area contributed by atoms with Gasteiger partial charge in [-0.15, -0.1) is 0 Å². The number of halogens is 2. The third-order valence-electron chi connectivity index (χ3n) is 0. The van der Waals surface area contributed by atoms with Crippen molar-refractivity contribution in [3.8, 4) is 12.1 Å². The van der Waals surface area contributed by atoms with Gasteiger partial charge in [0.25, 0.3) is 0 Å². The standard InChI is InChI=1S/2C2H3N.2BrH.Ni.4H2O/c2*1-2-3;;;;;;;/h2*1H3;2*1H;;4*1H2/q;;;;+2;;;;/p+2. The van der Waals surface area contributed by atoms with E-state index in [9.17, 15) is 0 Å². The van der Waals surface area contributed by atoms with Crippen molar-refractivity contribution in [1.29, 1.82) is 10.5 Å². The van der Waals surface area contributed by atoms with E-state index in [0.717, 1.165) is 0 Å². The van der Waals surface area contributed by atoms with Crippen molar-refractivity contribution in [3.63, 3.8) is 0 Å². The maximum Gasteiger partial charge on any atom is 2.00 e. The Morgan fingerprint density at radius 2 is 0.692 bits per heavy atom. The van der Waals surface area contributed by atoms with Gasteiger partial charge in [-0.3, -0.25) is 0 Å². The van der Waals surface area contributed by atoms with Gasteiger partial charge in [-0.25, -0.2) is 0 Å². The minimum absolute atomic E-state index is 0. The fourth-order valence-electron chi connectivity index (χ4n) is 0. The van der Waals surface area contributed by atoms with Gasteiger partial charge in [0, 0.05) is 13.8 Å². The largest absolute Gasteiger partial charge is 2.00 e. The van der Waals surface area contributed by atoms with Crippen LogP contribution in [0, 0.1) is 22.7 Å². The van der Waals surface area contributed by atoms with Crippen molar-refractivity contribution in [2.45, 2.75) is 13.8 Å². The SMILES string of the molecule is CC#N.CC#N.[Br-].[Br-].[Ni+2].[OH3+].[OH3+].[OH3+].[OH3+]. The van der Waals surface area contributed by atoms with Crippen LogP contribution in [0.4, 0.5) is 0 Å². The quantitative estimate of drug-likeness (QED) is 0.301. The average molecular weight is 377 g/mol. The van der Waals surface area contributed by atoms with Gasteiger partial charge in [0.2, 0.25) is 0 Å². The summed E-state index contributed by atoms with van der Waals surface area (Å²) in [6.07, 6.45) is 0. The summed E-state index contributed by atoms with van der Waals surface area (Å²) in [6.45, 7) is 2.86. The van der Waals surface area contributed by atoms with Gasteiger partial charge < -0.3 is 55.9 Å². The molecule has 0 radical (unpaired) electrons. The average Bonchev–Trinajstić information content (AvgIpc) is 1.39. The number of nitrogens with zero attached hydrogens (tertiary/aromatic N) is 2. The molecule has 0 spiro atoms. The normalized spacial score (nSPS) is 1.23. The molecule has 9 heteroatoms. The number of nitriles is 2. The molecule has 0 aromatic heterocycles. The Kier molecular flexibility index (Phi) is 2540. The Balaban J connectivity index is -0.00000000229. The van der Waals surface area contributed by atoms with Crippen LogP contribution in [0.1, 0.15) is 13.8 Å². The monoisotopic (exact) mass is 374 g/mol. The van der Waals surface area contributed by atoms with E-state index in [4.69, 9.17) is 10.5 Å². The smallest absolute Gasteiger partial charge is 1.00 e. The first-order valence-corrected chi connectivity index (χ1v) is 1.45. The molecule has 6 nitrogen and oxygen atoms in total. The molecule has 0 aromatic carbocycles. The van der Waals surface area contributed by atoms with E-state index >= 15 is 0 Å². The summed E-state index contributed by atoms with van der Waals surface area (Å²) < 4.78 is 0. The Bertz CT molecular complexity index is 83.1. The first-order chi connectivity index (χ1) is 2.83. The maximum absolute atomic E-state index is 7.32. The summed E-state index contributed by atoms with van der Waals surface area (Å²) in [5.74, 6) is 0. The van der Waals surface area contributed by atoms with Crippen LogP contribution in [0.15, 0.2) is 0 Å². The molecular formula is C4H18Br2N2NiO4+4. The number of hydrogen-bond donors (Lipinski definition) is 0. The topological polar surface area (TPSA) is 180 Å². The molecule has 0 rings (SSSR count). The molecule has 0 saturated heterocycles. The van der Waals surface area contributed by atoms with E-state index in [1.807, 2.05) is 0 Å². The second kappa shape index (κ2) is 302. The molecule has 88 valence electrons. The van der Waals surface area contributed by atoms with Crippen molar-refractivity contribution in [3.05, 3.63) is 0 Å². The number of rotatable bonds is 0. The molecule has 0 unspecified atom stereocenters. The van der Waals surface area contributed by atoms with Crippen molar-refractivity contribution in [2.24, 2.45) is 0 Å². The summed E-state index contributed by atoms with van der Waals surface area (Å²) in [6, 6.07) is 3.50. The fourth-order valence-corrected chi connectivity index (χ4v) is 0. The zero-order chi connectivity index (χ0) is 5.41. The van der Waals surface area contributed by atoms with Gasteiger partial charge in [0.05, 0.1) is 12.1 Å². The van der Waals surface area contributed by atoms with E-state index in [2.05, 4.69) is 0 Å². The minimum Gasteiger partial charge on any atom is -1.00 e. The van der Waals surface area contributed by atoms with Crippen LogP contribution in [0.25, 0.3) is 0 Å². The van der Waals surface area contributed by atoms with E-state index in [-0.39, 0.29) is 72.4 Å². The Labute approximate surface area is 109 Å². The maximum atomic E-state index is 7.32. The molecule has 13 heavy (non-hydrogen) atoms. The van der Waals surface area contributed by atoms with E-state index in [1.54, 1.807) is 12.1 Å². The summed E-state index contributed by atoms with van der Waals surface area (Å²) in [5.41, 5.74) is 0. The molecule has 0 aliphatic heterocycles. The molecule has 0 heterocycles. The van der Waals surface area contributed by atoms with Gasteiger partial charge in [-0.05, 0) is 0 Å². The molecule has 0 bridgehead atoms. The molecule has 0 atom stereocenters. The molecule has 12 N–H and O–H groups in total. The predicted molar refractivity (Wildman–Crippen MR) is 42.1 cm³/mol. The van der Waals surface area contributed by atoms with Crippen molar-refractivity contribution >= 4 is 0 Å². The third-order valence-corrected chi connectivity index (χ3v) is 0. The van der Waals surface area contributed by atoms with Gasteiger partial charge >= 0.3 is 16.5 Å². The van der Waals surface area contributed by atoms with Crippen LogP contribution in [0.5, 0.6) is 0 Å². The van der Waals surface area contributed by atoms with Crippen molar-refractivity contribution < 1.29 is 72.4 Å². The first-order valence-electron chi connectivity index (χ1n) is 1.45. The third kappa shape index (κ3) is 17300. The summed E-state index contributed by atoms with van der Waals surface area (Å²) in [7, 11) is 0. The van der Waals surface area contributed by atoms with Crippen LogP contribution in [0.2, 0.25) is 0 Å². The second-order valence-electron chi connectivity index (χ2n) is 0.447. The summed E-state index contributed by atoms with van der Waals surface area (Å²) >= 11 is 0. The summed E-state index contributed by atoms with van der Waals surface area (Å²) in [5, 5.41) is 14.6. The van der Waals surface area contributed by atoms with Crippen molar-refractivity contribution in [1.82, 2.24) is 0 Å². The van der Waals surface area contributed by atoms with Gasteiger partial charge in [0.15, 0.2) is 0 Å². The van der Waals surface area contributed by atoms with Gasteiger partial charge in [-0.2, -0.15) is 10.5 Å². The Hall–Kier alpha value is 0.274.